The molecule has 2 unspecified atom stereocenters. The van der Waals surface area contributed by atoms with Crippen molar-refractivity contribution in [2.75, 3.05) is 6.26 Å². The van der Waals surface area contributed by atoms with Crippen molar-refractivity contribution in [2.24, 2.45) is 0 Å². The fraction of sp³-hybridized carbons (Fsp3) is 0.467. The first-order valence-electron chi connectivity index (χ1n) is 6.15. The fourth-order valence-corrected chi connectivity index (χ4v) is 2.31. The molecule has 0 saturated carbocycles. The Morgan fingerprint density at radius 2 is 1.84 bits per heavy atom. The maximum atomic E-state index is 13.8. The van der Waals surface area contributed by atoms with Crippen molar-refractivity contribution in [1.82, 2.24) is 0 Å². The molecule has 2 atom stereocenters. The zero-order chi connectivity index (χ0) is 14.6. The van der Waals surface area contributed by atoms with E-state index < -0.39 is 28.9 Å². The van der Waals surface area contributed by atoms with E-state index in [1.807, 2.05) is 27.0 Å². The van der Waals surface area contributed by atoms with Crippen molar-refractivity contribution in [3.8, 4) is 0 Å². The Kier molecular flexibility index (Phi) is 5.56. The standard InChI is InChI=1S/C15H21F2OS/c1-6-8-13(18-19(5)15(2,3)4)14-11(16)9-7-10-12(14)17/h6-7,9-10,13H,1,8H2,2-5H3/q+1. The van der Waals surface area contributed by atoms with Crippen LogP contribution in [-0.4, -0.2) is 11.0 Å². The van der Waals surface area contributed by atoms with Crippen LogP contribution in [0.1, 0.15) is 38.9 Å². The van der Waals surface area contributed by atoms with E-state index in [-0.39, 0.29) is 10.3 Å². The average molecular weight is 287 g/mol. The minimum atomic E-state index is -0.633. The Morgan fingerprint density at radius 1 is 1.32 bits per heavy atom. The zero-order valence-electron chi connectivity index (χ0n) is 11.9. The summed E-state index contributed by atoms with van der Waals surface area (Å²) in [6.45, 7) is 9.75. The summed E-state index contributed by atoms with van der Waals surface area (Å²) in [6, 6.07) is 3.86. The monoisotopic (exact) mass is 287 g/mol. The highest BCUT2D eigenvalue weighted by molar-refractivity contribution is 7.93. The first-order valence-corrected chi connectivity index (χ1v) is 7.71. The van der Waals surface area contributed by atoms with Gasteiger partial charge in [-0.05, 0) is 32.9 Å². The third-order valence-electron chi connectivity index (χ3n) is 2.83. The molecule has 4 heteroatoms. The third-order valence-corrected chi connectivity index (χ3v) is 5.07. The summed E-state index contributed by atoms with van der Waals surface area (Å²) >= 11 is -0.417. The van der Waals surface area contributed by atoms with Gasteiger partial charge in [-0.1, -0.05) is 12.1 Å². The average Bonchev–Trinajstić information content (AvgIpc) is 2.27. The summed E-state index contributed by atoms with van der Waals surface area (Å²) in [5.74, 6) is -1.14. The van der Waals surface area contributed by atoms with E-state index >= 15 is 0 Å². The topological polar surface area (TPSA) is 9.23 Å². The molecule has 0 fully saturated rings. The van der Waals surface area contributed by atoms with Crippen LogP contribution >= 0.6 is 0 Å². The second kappa shape index (κ2) is 6.53. The van der Waals surface area contributed by atoms with Crippen LogP contribution in [0.5, 0.6) is 0 Å². The third kappa shape index (κ3) is 4.32. The highest BCUT2D eigenvalue weighted by Crippen LogP contribution is 2.32. The molecule has 0 amide bonds. The van der Waals surface area contributed by atoms with Gasteiger partial charge >= 0.3 is 0 Å². The van der Waals surface area contributed by atoms with Crippen LogP contribution in [-0.2, 0) is 15.4 Å². The lowest BCUT2D eigenvalue weighted by Crippen LogP contribution is -2.30. The number of benzene rings is 1. The summed E-state index contributed by atoms with van der Waals surface area (Å²) in [6.07, 6.45) is 3.31. The molecular formula is C15H21F2OS+. The van der Waals surface area contributed by atoms with Crippen LogP contribution in [0.2, 0.25) is 0 Å². The largest absolute Gasteiger partial charge is 0.206 e. The fourth-order valence-electron chi connectivity index (χ4n) is 1.49. The summed E-state index contributed by atoms with van der Waals surface area (Å²) in [4.78, 5) is 0. The van der Waals surface area contributed by atoms with E-state index in [9.17, 15) is 8.78 Å². The number of rotatable bonds is 5. The van der Waals surface area contributed by atoms with Crippen molar-refractivity contribution in [3.05, 3.63) is 48.1 Å². The molecule has 0 aliphatic rings. The van der Waals surface area contributed by atoms with Gasteiger partial charge in [0.05, 0.1) is 5.56 Å². The lowest BCUT2D eigenvalue weighted by molar-refractivity contribution is 0.225. The Bertz CT molecular complexity index is 420. The molecule has 0 spiro atoms. The smallest absolute Gasteiger partial charge is 0.152 e. The second-order valence-corrected chi connectivity index (χ2v) is 7.64. The highest BCUT2D eigenvalue weighted by atomic mass is 32.2. The summed E-state index contributed by atoms with van der Waals surface area (Å²) < 4.78 is 33.5. The first-order chi connectivity index (χ1) is 8.77. The molecule has 1 aromatic rings. The molecule has 0 aliphatic carbocycles. The van der Waals surface area contributed by atoms with Crippen LogP contribution < -0.4 is 0 Å². The van der Waals surface area contributed by atoms with Gasteiger partial charge in [-0.15, -0.1) is 6.58 Å². The number of hydrogen-bond acceptors (Lipinski definition) is 1. The maximum absolute atomic E-state index is 13.8. The van der Waals surface area contributed by atoms with E-state index in [1.165, 1.54) is 18.2 Å². The first kappa shape index (κ1) is 16.2. The minimum absolute atomic E-state index is 0.00833. The van der Waals surface area contributed by atoms with Gasteiger partial charge in [-0.2, -0.15) is 4.18 Å². The van der Waals surface area contributed by atoms with Gasteiger partial charge in [0.15, 0.2) is 4.75 Å². The van der Waals surface area contributed by atoms with Crippen molar-refractivity contribution < 1.29 is 13.0 Å². The van der Waals surface area contributed by atoms with Gasteiger partial charge in [-0.25, -0.2) is 8.78 Å². The molecular weight excluding hydrogens is 266 g/mol. The van der Waals surface area contributed by atoms with Crippen molar-refractivity contribution in [2.45, 2.75) is 38.0 Å². The lowest BCUT2D eigenvalue weighted by Gasteiger charge is -2.21. The Morgan fingerprint density at radius 3 is 2.26 bits per heavy atom. The van der Waals surface area contributed by atoms with Crippen molar-refractivity contribution in [1.29, 1.82) is 0 Å². The van der Waals surface area contributed by atoms with Crippen LogP contribution in [0.3, 0.4) is 0 Å². The quantitative estimate of drug-likeness (QED) is 0.570. The van der Waals surface area contributed by atoms with E-state index in [2.05, 4.69) is 6.58 Å². The summed E-state index contributed by atoms with van der Waals surface area (Å²) in [7, 11) is 0. The molecule has 19 heavy (non-hydrogen) atoms. The van der Waals surface area contributed by atoms with Gasteiger partial charge < -0.3 is 0 Å². The molecule has 1 nitrogen and oxygen atoms in total. The lowest BCUT2D eigenvalue weighted by atomic mass is 10.1. The zero-order valence-corrected chi connectivity index (χ0v) is 12.7. The molecule has 0 radical (unpaired) electrons. The maximum Gasteiger partial charge on any atom is 0.152 e. The van der Waals surface area contributed by atoms with Gasteiger partial charge in [-0.3, -0.25) is 0 Å². The van der Waals surface area contributed by atoms with Crippen LogP contribution in [0.15, 0.2) is 30.9 Å². The molecule has 0 N–H and O–H groups in total. The van der Waals surface area contributed by atoms with Crippen LogP contribution in [0, 0.1) is 11.6 Å². The Hall–Kier alpha value is -0.870. The summed E-state index contributed by atoms with van der Waals surface area (Å²) in [5, 5.41) is 0. The van der Waals surface area contributed by atoms with Gasteiger partial charge in [0.25, 0.3) is 0 Å². The van der Waals surface area contributed by atoms with Crippen LogP contribution in [0.4, 0.5) is 8.78 Å². The molecule has 0 saturated heterocycles. The minimum Gasteiger partial charge on any atom is -0.206 e. The van der Waals surface area contributed by atoms with E-state index in [1.54, 1.807) is 6.08 Å². The molecule has 1 rings (SSSR count). The Labute approximate surface area is 117 Å². The van der Waals surface area contributed by atoms with Crippen LogP contribution in [0.25, 0.3) is 0 Å². The van der Waals surface area contributed by atoms with Gasteiger partial charge in [0.2, 0.25) is 0 Å². The van der Waals surface area contributed by atoms with E-state index in [0.29, 0.717) is 6.42 Å². The molecule has 1 aromatic carbocycles. The second-order valence-electron chi connectivity index (χ2n) is 5.31. The summed E-state index contributed by atoms with van der Waals surface area (Å²) in [5.41, 5.74) is -0.00833. The number of halogens is 2. The predicted molar refractivity (Wildman–Crippen MR) is 78.0 cm³/mol. The SMILES string of the molecule is C=CCC(O[S+](C)C(C)(C)C)c1c(F)cccc1F. The Balaban J connectivity index is 3.04. The molecule has 0 heterocycles. The van der Waals surface area contributed by atoms with E-state index in [0.717, 1.165) is 0 Å². The molecule has 0 bridgehead atoms. The number of hydrogen-bond donors (Lipinski definition) is 0. The molecule has 0 aromatic heterocycles. The van der Waals surface area contributed by atoms with Crippen molar-refractivity contribution in [3.63, 3.8) is 0 Å². The van der Waals surface area contributed by atoms with Crippen molar-refractivity contribution >= 4 is 11.2 Å². The van der Waals surface area contributed by atoms with Gasteiger partial charge in [0, 0.05) is 6.42 Å². The van der Waals surface area contributed by atoms with E-state index in [4.69, 9.17) is 4.18 Å². The van der Waals surface area contributed by atoms with Gasteiger partial charge in [0.1, 0.15) is 35.2 Å². The molecule has 106 valence electrons. The molecule has 0 aliphatic heterocycles. The highest BCUT2D eigenvalue weighted by Gasteiger charge is 2.36. The predicted octanol–water partition coefficient (Wildman–Crippen LogP) is 4.56. The normalized spacial score (nSPS) is 15.1.